The normalized spacial score (nSPS) is 9.80. The molecule has 0 saturated heterocycles. The van der Waals surface area contributed by atoms with E-state index in [4.69, 9.17) is 0 Å². The first-order valence-corrected chi connectivity index (χ1v) is 5.27. The number of rotatable bonds is 2. The number of hydrogen-bond acceptors (Lipinski definition) is 4. The minimum atomic E-state index is -0.741. The standard InChI is InChI=1S/C8H5Br2NO4/c1-15-8(12)4-2-5(9)6(10)3-7(4)11(13)14/h2-3H,1H3. The van der Waals surface area contributed by atoms with Crippen LogP contribution < -0.4 is 0 Å². The zero-order valence-corrected chi connectivity index (χ0v) is 10.7. The first-order valence-electron chi connectivity index (χ1n) is 3.69. The van der Waals surface area contributed by atoms with Gasteiger partial charge in [-0.15, -0.1) is 0 Å². The van der Waals surface area contributed by atoms with E-state index in [0.29, 0.717) is 8.95 Å². The maximum atomic E-state index is 11.2. The fourth-order valence-electron chi connectivity index (χ4n) is 0.961. The Balaban J connectivity index is 3.41. The molecule has 5 nitrogen and oxygen atoms in total. The van der Waals surface area contributed by atoms with E-state index in [1.807, 2.05) is 0 Å². The first kappa shape index (κ1) is 12.1. The van der Waals surface area contributed by atoms with Crippen LogP contribution in [0.2, 0.25) is 0 Å². The van der Waals surface area contributed by atoms with Crippen LogP contribution in [0, 0.1) is 10.1 Å². The topological polar surface area (TPSA) is 69.4 Å². The molecule has 0 unspecified atom stereocenters. The lowest BCUT2D eigenvalue weighted by Gasteiger charge is -2.03. The van der Waals surface area contributed by atoms with Crippen molar-refractivity contribution in [1.29, 1.82) is 0 Å². The molecule has 0 aliphatic carbocycles. The van der Waals surface area contributed by atoms with Crippen molar-refractivity contribution in [2.45, 2.75) is 0 Å². The lowest BCUT2D eigenvalue weighted by molar-refractivity contribution is -0.385. The molecule has 1 aromatic carbocycles. The first-order chi connectivity index (χ1) is 6.97. The monoisotopic (exact) mass is 337 g/mol. The second-order valence-corrected chi connectivity index (χ2v) is 4.24. The van der Waals surface area contributed by atoms with Crippen LogP contribution in [0.4, 0.5) is 5.69 Å². The molecule has 0 atom stereocenters. The van der Waals surface area contributed by atoms with Gasteiger partial charge in [-0.05, 0) is 37.9 Å². The van der Waals surface area contributed by atoms with E-state index in [1.54, 1.807) is 0 Å². The van der Waals surface area contributed by atoms with Crippen LogP contribution >= 0.6 is 31.9 Å². The maximum absolute atomic E-state index is 11.2. The summed E-state index contributed by atoms with van der Waals surface area (Å²) >= 11 is 6.27. The molecule has 0 N–H and O–H groups in total. The van der Waals surface area contributed by atoms with Crippen LogP contribution in [0.1, 0.15) is 10.4 Å². The van der Waals surface area contributed by atoms with E-state index in [0.717, 1.165) is 0 Å². The summed E-state index contributed by atoms with van der Waals surface area (Å²) in [5.74, 6) is -0.741. The Labute approximate surface area is 102 Å². The van der Waals surface area contributed by atoms with Gasteiger partial charge in [-0.2, -0.15) is 0 Å². The molecular weight excluding hydrogens is 334 g/mol. The zero-order chi connectivity index (χ0) is 11.6. The number of halogens is 2. The lowest BCUT2D eigenvalue weighted by atomic mass is 10.2. The highest BCUT2D eigenvalue weighted by Gasteiger charge is 2.22. The zero-order valence-electron chi connectivity index (χ0n) is 7.49. The number of ether oxygens (including phenoxy) is 1. The van der Waals surface area contributed by atoms with Gasteiger partial charge in [0.2, 0.25) is 0 Å². The number of nitro groups is 1. The third kappa shape index (κ3) is 2.54. The fraction of sp³-hybridized carbons (Fsp3) is 0.125. The second kappa shape index (κ2) is 4.71. The summed E-state index contributed by atoms with van der Waals surface area (Å²) in [5, 5.41) is 10.7. The van der Waals surface area contributed by atoms with Gasteiger partial charge in [0.1, 0.15) is 5.56 Å². The number of hydrogen-bond donors (Lipinski definition) is 0. The van der Waals surface area contributed by atoms with E-state index in [2.05, 4.69) is 36.6 Å². The van der Waals surface area contributed by atoms with Crippen molar-refractivity contribution < 1.29 is 14.5 Å². The molecule has 0 fully saturated rings. The van der Waals surface area contributed by atoms with Gasteiger partial charge >= 0.3 is 5.97 Å². The van der Waals surface area contributed by atoms with E-state index in [9.17, 15) is 14.9 Å². The molecule has 0 amide bonds. The number of methoxy groups -OCH3 is 1. The SMILES string of the molecule is COC(=O)c1cc(Br)c(Br)cc1[N+](=O)[O-]. The lowest BCUT2D eigenvalue weighted by Crippen LogP contribution is -2.05. The Morgan fingerprint density at radius 2 is 1.93 bits per heavy atom. The molecule has 1 aromatic rings. The van der Waals surface area contributed by atoms with Gasteiger partial charge in [0.05, 0.1) is 12.0 Å². The minimum Gasteiger partial charge on any atom is -0.465 e. The van der Waals surface area contributed by atoms with Crippen LogP contribution in [0.15, 0.2) is 21.1 Å². The van der Waals surface area contributed by atoms with Crippen molar-refractivity contribution in [2.24, 2.45) is 0 Å². The molecule has 0 bridgehead atoms. The van der Waals surface area contributed by atoms with Crippen molar-refractivity contribution in [3.05, 3.63) is 36.8 Å². The van der Waals surface area contributed by atoms with Gasteiger partial charge in [0.15, 0.2) is 0 Å². The van der Waals surface area contributed by atoms with Crippen LogP contribution in [-0.2, 0) is 4.74 Å². The quantitative estimate of drug-likeness (QED) is 0.472. The summed E-state index contributed by atoms with van der Waals surface area (Å²) in [6.07, 6.45) is 0. The summed E-state index contributed by atoms with van der Waals surface area (Å²) in [7, 11) is 1.17. The summed E-state index contributed by atoms with van der Waals surface area (Å²) in [5.41, 5.74) is -0.380. The molecule has 0 heterocycles. The predicted octanol–water partition coefficient (Wildman–Crippen LogP) is 2.91. The molecule has 80 valence electrons. The molecule has 7 heteroatoms. The Kier molecular flexibility index (Phi) is 3.81. The Hall–Kier alpha value is -0.950. The van der Waals surface area contributed by atoms with Crippen LogP contribution in [0.25, 0.3) is 0 Å². The molecule has 0 spiro atoms. The van der Waals surface area contributed by atoms with Gasteiger partial charge < -0.3 is 4.74 Å². The smallest absolute Gasteiger partial charge is 0.344 e. The summed E-state index contributed by atoms with van der Waals surface area (Å²) < 4.78 is 5.49. The Morgan fingerprint density at radius 1 is 1.40 bits per heavy atom. The summed E-state index contributed by atoms with van der Waals surface area (Å²) in [6, 6.07) is 2.59. The largest absolute Gasteiger partial charge is 0.465 e. The summed E-state index contributed by atoms with van der Waals surface area (Å²) in [4.78, 5) is 21.3. The number of carbonyl (C=O) groups is 1. The number of nitrogens with zero attached hydrogens (tertiary/aromatic N) is 1. The van der Waals surface area contributed by atoms with Crippen LogP contribution in [0.5, 0.6) is 0 Å². The summed E-state index contributed by atoms with van der Waals surface area (Å²) in [6.45, 7) is 0. The highest BCUT2D eigenvalue weighted by molar-refractivity contribution is 9.13. The molecule has 0 aromatic heterocycles. The third-order valence-corrected chi connectivity index (χ3v) is 3.48. The Bertz CT molecular complexity index is 433. The highest BCUT2D eigenvalue weighted by Crippen LogP contribution is 2.31. The van der Waals surface area contributed by atoms with Crippen molar-refractivity contribution in [2.75, 3.05) is 7.11 Å². The molecule has 0 aliphatic rings. The van der Waals surface area contributed by atoms with Gasteiger partial charge in [0.25, 0.3) is 5.69 Å². The fourth-order valence-corrected chi connectivity index (χ4v) is 1.64. The number of esters is 1. The second-order valence-electron chi connectivity index (χ2n) is 2.53. The van der Waals surface area contributed by atoms with Crippen molar-refractivity contribution in [1.82, 2.24) is 0 Å². The predicted molar refractivity (Wildman–Crippen MR) is 59.8 cm³/mol. The van der Waals surface area contributed by atoms with Gasteiger partial charge in [0, 0.05) is 15.0 Å². The van der Waals surface area contributed by atoms with E-state index in [-0.39, 0.29) is 11.3 Å². The molecule has 0 radical (unpaired) electrons. The van der Waals surface area contributed by atoms with Crippen molar-refractivity contribution >= 4 is 43.5 Å². The number of benzene rings is 1. The average Bonchev–Trinajstić information content (AvgIpc) is 2.20. The molecule has 15 heavy (non-hydrogen) atoms. The van der Waals surface area contributed by atoms with Crippen LogP contribution in [0.3, 0.4) is 0 Å². The van der Waals surface area contributed by atoms with Gasteiger partial charge in [-0.25, -0.2) is 4.79 Å². The van der Waals surface area contributed by atoms with Crippen molar-refractivity contribution in [3.8, 4) is 0 Å². The van der Waals surface area contributed by atoms with Crippen LogP contribution in [-0.4, -0.2) is 18.0 Å². The van der Waals surface area contributed by atoms with E-state index >= 15 is 0 Å². The average molecular weight is 339 g/mol. The molecule has 0 aliphatic heterocycles. The number of carbonyl (C=O) groups excluding carboxylic acids is 1. The van der Waals surface area contributed by atoms with E-state index < -0.39 is 10.9 Å². The minimum absolute atomic E-state index is 0.0856. The molecular formula is C8H5Br2NO4. The highest BCUT2D eigenvalue weighted by atomic mass is 79.9. The van der Waals surface area contributed by atoms with E-state index in [1.165, 1.54) is 19.2 Å². The molecule has 1 rings (SSSR count). The third-order valence-electron chi connectivity index (χ3n) is 1.64. The van der Waals surface area contributed by atoms with Gasteiger partial charge in [-0.3, -0.25) is 10.1 Å². The van der Waals surface area contributed by atoms with Gasteiger partial charge in [-0.1, -0.05) is 0 Å². The Morgan fingerprint density at radius 3 is 2.40 bits per heavy atom. The number of nitro benzene ring substituents is 1. The molecule has 0 saturated carbocycles. The maximum Gasteiger partial charge on any atom is 0.344 e. The van der Waals surface area contributed by atoms with Crippen molar-refractivity contribution in [3.63, 3.8) is 0 Å².